The van der Waals surface area contributed by atoms with E-state index in [0.717, 1.165) is 55.3 Å². The van der Waals surface area contributed by atoms with Gasteiger partial charge in [0.25, 0.3) is 0 Å². The first-order chi connectivity index (χ1) is 27.2. The molecule has 0 N–H and O–H groups in total. The van der Waals surface area contributed by atoms with Gasteiger partial charge in [-0.05, 0) is 59.3 Å². The van der Waals surface area contributed by atoms with Crippen molar-refractivity contribution < 1.29 is 4.42 Å². The molecule has 0 aliphatic carbocycles. The van der Waals surface area contributed by atoms with Gasteiger partial charge in [-0.25, -0.2) is 15.0 Å². The van der Waals surface area contributed by atoms with Crippen LogP contribution in [0.2, 0.25) is 0 Å². The molecule has 6 heteroatoms. The second-order valence-electron chi connectivity index (χ2n) is 14.0. The predicted octanol–water partition coefficient (Wildman–Crippen LogP) is 13.4. The van der Waals surface area contributed by atoms with Crippen molar-refractivity contribution in [3.8, 4) is 39.9 Å². The van der Waals surface area contributed by atoms with Crippen LogP contribution in [0.4, 0.5) is 0 Å². The molecule has 12 rings (SSSR count). The van der Waals surface area contributed by atoms with Gasteiger partial charge in [-0.2, -0.15) is 0 Å². The SMILES string of the molecule is c1ccc(-c2nc(-c3ccc4c(c3)oc3ccccc34)nc(-c3ccc4c(sc5ccccc54)c3-n3c4ccccc4c4cc5ccccc5cc43)n2)cc1. The van der Waals surface area contributed by atoms with Crippen LogP contribution < -0.4 is 0 Å². The van der Waals surface area contributed by atoms with E-state index in [-0.39, 0.29) is 0 Å². The number of furan rings is 1. The maximum atomic E-state index is 6.33. The predicted molar refractivity (Wildman–Crippen MR) is 228 cm³/mol. The van der Waals surface area contributed by atoms with Gasteiger partial charge in [0.1, 0.15) is 11.2 Å². The summed E-state index contributed by atoms with van der Waals surface area (Å²) in [6, 6.07) is 59.7. The Bertz CT molecular complexity index is 3500. The third-order valence-corrected chi connectivity index (χ3v) is 12.0. The van der Waals surface area contributed by atoms with Crippen LogP contribution in [0.1, 0.15) is 0 Å². The van der Waals surface area contributed by atoms with Gasteiger partial charge in [-0.3, -0.25) is 0 Å². The second kappa shape index (κ2) is 11.7. The van der Waals surface area contributed by atoms with E-state index in [1.165, 1.54) is 41.7 Å². The first kappa shape index (κ1) is 30.3. The van der Waals surface area contributed by atoms with Crippen molar-refractivity contribution in [2.24, 2.45) is 0 Å². The molecule has 0 unspecified atom stereocenters. The highest BCUT2D eigenvalue weighted by molar-refractivity contribution is 7.26. The quantitative estimate of drug-likeness (QED) is 0.182. The number of hydrogen-bond donors (Lipinski definition) is 0. The minimum atomic E-state index is 0.585. The number of thiophene rings is 1. The molecule has 0 atom stereocenters. The van der Waals surface area contributed by atoms with Gasteiger partial charge in [0.2, 0.25) is 0 Å². The van der Waals surface area contributed by atoms with Crippen molar-refractivity contribution >= 4 is 86.0 Å². The molecule has 0 saturated carbocycles. The maximum absolute atomic E-state index is 6.33. The fraction of sp³-hybridized carbons (Fsp3) is 0. The van der Waals surface area contributed by atoms with Crippen LogP contribution in [-0.2, 0) is 0 Å². The van der Waals surface area contributed by atoms with Gasteiger partial charge in [0.15, 0.2) is 17.5 Å². The summed E-state index contributed by atoms with van der Waals surface area (Å²) in [5, 5.41) is 9.42. The van der Waals surface area contributed by atoms with Gasteiger partial charge in [-0.15, -0.1) is 11.3 Å². The van der Waals surface area contributed by atoms with Crippen molar-refractivity contribution in [1.29, 1.82) is 0 Å². The van der Waals surface area contributed by atoms with Crippen molar-refractivity contribution in [3.63, 3.8) is 0 Å². The Hall–Kier alpha value is -7.15. The first-order valence-corrected chi connectivity index (χ1v) is 19.2. The largest absolute Gasteiger partial charge is 0.456 e. The standard InChI is InChI=1S/C49H28N4OS/c1-2-12-29(13-3-1)47-50-48(32-22-23-35-34-17-7-10-20-42(34)54-43(35)28-32)52-49(51-47)38-25-24-37-36-18-8-11-21-44(36)55-46(37)45(38)53-40-19-9-6-16-33(40)39-26-30-14-4-5-15-31(30)27-41(39)53/h1-28H. The Balaban J connectivity index is 1.19. The molecule has 256 valence electrons. The van der Waals surface area contributed by atoms with Crippen molar-refractivity contribution in [3.05, 3.63) is 170 Å². The molecule has 0 spiro atoms. The minimum absolute atomic E-state index is 0.585. The Morgan fingerprint density at radius 1 is 0.418 bits per heavy atom. The first-order valence-electron chi connectivity index (χ1n) is 18.4. The molecule has 12 aromatic rings. The lowest BCUT2D eigenvalue weighted by molar-refractivity contribution is 0.669. The van der Waals surface area contributed by atoms with Gasteiger partial charge in [0.05, 0.1) is 21.4 Å². The van der Waals surface area contributed by atoms with Crippen LogP contribution in [0, 0.1) is 0 Å². The molecule has 0 saturated heterocycles. The van der Waals surface area contributed by atoms with E-state index in [9.17, 15) is 0 Å². The third-order valence-electron chi connectivity index (χ3n) is 10.8. The fourth-order valence-electron chi connectivity index (χ4n) is 8.28. The van der Waals surface area contributed by atoms with Gasteiger partial charge in [0, 0.05) is 53.7 Å². The van der Waals surface area contributed by atoms with E-state index in [1.807, 2.05) is 47.7 Å². The van der Waals surface area contributed by atoms with E-state index in [4.69, 9.17) is 19.4 Å². The summed E-state index contributed by atoms with van der Waals surface area (Å²) < 4.78 is 11.2. The van der Waals surface area contributed by atoms with E-state index in [0.29, 0.717) is 17.5 Å². The maximum Gasteiger partial charge on any atom is 0.166 e. The summed E-state index contributed by atoms with van der Waals surface area (Å²) in [5.41, 5.74) is 7.70. The molecule has 0 aliphatic rings. The molecular weight excluding hydrogens is 693 g/mol. The molecule has 5 nitrogen and oxygen atoms in total. The molecule has 4 aromatic heterocycles. The normalized spacial score (nSPS) is 12.0. The monoisotopic (exact) mass is 720 g/mol. The highest BCUT2D eigenvalue weighted by Crippen LogP contribution is 2.45. The molecule has 4 heterocycles. The highest BCUT2D eigenvalue weighted by atomic mass is 32.1. The van der Waals surface area contributed by atoms with E-state index in [2.05, 4.69) is 138 Å². The van der Waals surface area contributed by atoms with Crippen LogP contribution in [0.3, 0.4) is 0 Å². The average molecular weight is 721 g/mol. The number of hydrogen-bond acceptors (Lipinski definition) is 5. The van der Waals surface area contributed by atoms with Crippen LogP contribution in [0.15, 0.2) is 174 Å². The Morgan fingerprint density at radius 2 is 1.07 bits per heavy atom. The summed E-state index contributed by atoms with van der Waals surface area (Å²) in [6.07, 6.45) is 0. The van der Waals surface area contributed by atoms with Gasteiger partial charge in [-0.1, -0.05) is 121 Å². The van der Waals surface area contributed by atoms with Crippen LogP contribution in [0.25, 0.3) is 115 Å². The molecule has 0 bridgehead atoms. The topological polar surface area (TPSA) is 56.7 Å². The minimum Gasteiger partial charge on any atom is -0.456 e. The molecular formula is C49H28N4OS. The van der Waals surface area contributed by atoms with Crippen LogP contribution >= 0.6 is 11.3 Å². The lowest BCUT2D eigenvalue weighted by atomic mass is 10.0. The fourth-order valence-corrected chi connectivity index (χ4v) is 9.52. The van der Waals surface area contributed by atoms with Crippen LogP contribution in [-0.4, -0.2) is 19.5 Å². The number of nitrogens with zero attached hydrogens (tertiary/aromatic N) is 4. The number of aromatic nitrogens is 4. The Labute approximate surface area is 318 Å². The van der Waals surface area contributed by atoms with Crippen molar-refractivity contribution in [1.82, 2.24) is 19.5 Å². The molecule has 0 fully saturated rings. The molecule has 8 aromatic carbocycles. The summed E-state index contributed by atoms with van der Waals surface area (Å²) >= 11 is 1.82. The lowest BCUT2D eigenvalue weighted by Crippen LogP contribution is -2.04. The highest BCUT2D eigenvalue weighted by Gasteiger charge is 2.24. The summed E-state index contributed by atoms with van der Waals surface area (Å²) in [6.45, 7) is 0. The summed E-state index contributed by atoms with van der Waals surface area (Å²) in [5.74, 6) is 1.80. The molecule has 0 radical (unpaired) electrons. The zero-order valence-electron chi connectivity index (χ0n) is 29.3. The summed E-state index contributed by atoms with van der Waals surface area (Å²) in [4.78, 5) is 15.7. The average Bonchev–Trinajstić information content (AvgIpc) is 3.92. The lowest BCUT2D eigenvalue weighted by Gasteiger charge is -2.16. The molecule has 55 heavy (non-hydrogen) atoms. The zero-order valence-corrected chi connectivity index (χ0v) is 30.1. The number of rotatable bonds is 4. The Kier molecular flexibility index (Phi) is 6.44. The van der Waals surface area contributed by atoms with Crippen molar-refractivity contribution in [2.75, 3.05) is 0 Å². The number of para-hydroxylation sites is 2. The third kappa shape index (κ3) is 4.62. The Morgan fingerprint density at radius 3 is 1.95 bits per heavy atom. The van der Waals surface area contributed by atoms with E-state index < -0.39 is 0 Å². The number of benzene rings is 8. The smallest absolute Gasteiger partial charge is 0.166 e. The van der Waals surface area contributed by atoms with Gasteiger partial charge < -0.3 is 8.98 Å². The van der Waals surface area contributed by atoms with E-state index in [1.54, 1.807) is 0 Å². The number of fused-ring (bicyclic) bond motifs is 10. The second-order valence-corrected chi connectivity index (χ2v) is 15.0. The van der Waals surface area contributed by atoms with Crippen molar-refractivity contribution in [2.45, 2.75) is 0 Å². The van der Waals surface area contributed by atoms with Gasteiger partial charge >= 0.3 is 0 Å². The van der Waals surface area contributed by atoms with Crippen LogP contribution in [0.5, 0.6) is 0 Å². The molecule has 0 amide bonds. The zero-order chi connectivity index (χ0) is 36.0. The summed E-state index contributed by atoms with van der Waals surface area (Å²) in [7, 11) is 0. The molecule has 0 aliphatic heterocycles. The van der Waals surface area contributed by atoms with E-state index >= 15 is 0 Å².